The largest absolute Gasteiger partial charge is 0.507 e. The number of amides is 1. The van der Waals surface area contributed by atoms with Gasteiger partial charge in [0.2, 0.25) is 0 Å². The van der Waals surface area contributed by atoms with Crippen molar-refractivity contribution in [2.75, 3.05) is 7.05 Å². The number of hydrogen-bond acceptors (Lipinski definition) is 3. The van der Waals surface area contributed by atoms with Gasteiger partial charge in [0.15, 0.2) is 0 Å². The molecule has 3 N–H and O–H groups in total. The van der Waals surface area contributed by atoms with E-state index < -0.39 is 0 Å². The van der Waals surface area contributed by atoms with Crippen molar-refractivity contribution < 1.29 is 9.90 Å². The lowest BCUT2D eigenvalue weighted by molar-refractivity contribution is 0.0776. The van der Waals surface area contributed by atoms with Gasteiger partial charge in [-0.25, -0.2) is 0 Å². The Morgan fingerprint density at radius 2 is 2.12 bits per heavy atom. The predicted octanol–water partition coefficient (Wildman–Crippen LogP) is 1.45. The molecule has 0 fully saturated rings. The highest BCUT2D eigenvalue weighted by Gasteiger charge is 2.21. The van der Waals surface area contributed by atoms with Crippen LogP contribution in [0, 0.1) is 6.92 Å². The van der Waals surface area contributed by atoms with Crippen molar-refractivity contribution in [1.29, 1.82) is 0 Å². The topological polar surface area (TPSA) is 66.6 Å². The molecule has 17 heavy (non-hydrogen) atoms. The summed E-state index contributed by atoms with van der Waals surface area (Å²) in [7, 11) is 1.61. The van der Waals surface area contributed by atoms with Crippen LogP contribution in [0.2, 0.25) is 0 Å². The van der Waals surface area contributed by atoms with E-state index in [4.69, 9.17) is 18.0 Å². The van der Waals surface area contributed by atoms with Crippen LogP contribution >= 0.6 is 12.2 Å². The maximum atomic E-state index is 12.1. The Balaban J connectivity index is 3.04. The lowest BCUT2D eigenvalue weighted by Crippen LogP contribution is -2.42. The number of aryl methyl sites for hydroxylation is 1. The minimum absolute atomic E-state index is 0.0393. The first-order valence-electron chi connectivity index (χ1n) is 5.20. The molecule has 0 aromatic heterocycles. The second-order valence-corrected chi connectivity index (χ2v) is 4.49. The monoisotopic (exact) mass is 252 g/mol. The zero-order valence-electron chi connectivity index (χ0n) is 10.1. The van der Waals surface area contributed by atoms with Crippen molar-refractivity contribution in [1.82, 2.24) is 4.90 Å². The van der Waals surface area contributed by atoms with E-state index in [0.29, 0.717) is 0 Å². The van der Waals surface area contributed by atoms with Crippen LogP contribution in [0.3, 0.4) is 0 Å². The van der Waals surface area contributed by atoms with Gasteiger partial charge in [-0.1, -0.05) is 23.8 Å². The van der Waals surface area contributed by atoms with E-state index in [1.165, 1.54) is 11.0 Å². The van der Waals surface area contributed by atoms with Crippen LogP contribution in [0.1, 0.15) is 22.8 Å². The third-order valence-corrected chi connectivity index (χ3v) is 3.04. The molecule has 92 valence electrons. The van der Waals surface area contributed by atoms with Gasteiger partial charge in [-0.3, -0.25) is 4.79 Å². The number of hydrogen-bond donors (Lipinski definition) is 2. The van der Waals surface area contributed by atoms with E-state index in [2.05, 4.69) is 0 Å². The number of nitrogens with zero attached hydrogens (tertiary/aromatic N) is 1. The molecule has 0 radical (unpaired) electrons. The molecule has 0 aliphatic heterocycles. The van der Waals surface area contributed by atoms with Gasteiger partial charge in [-0.05, 0) is 26.0 Å². The molecule has 4 nitrogen and oxygen atoms in total. The Morgan fingerprint density at radius 3 is 2.65 bits per heavy atom. The summed E-state index contributed by atoms with van der Waals surface area (Å²) in [4.78, 5) is 13.8. The number of benzene rings is 1. The van der Waals surface area contributed by atoms with Gasteiger partial charge in [0, 0.05) is 7.05 Å². The Morgan fingerprint density at radius 1 is 1.53 bits per heavy atom. The first-order chi connectivity index (χ1) is 7.84. The third kappa shape index (κ3) is 2.94. The quantitative estimate of drug-likeness (QED) is 0.799. The highest BCUT2D eigenvalue weighted by molar-refractivity contribution is 7.80. The van der Waals surface area contributed by atoms with Gasteiger partial charge in [0.1, 0.15) is 5.75 Å². The predicted molar refractivity (Wildman–Crippen MR) is 71.2 cm³/mol. The molecule has 1 aromatic rings. The van der Waals surface area contributed by atoms with E-state index in [0.717, 1.165) is 5.56 Å². The Bertz CT molecular complexity index is 460. The van der Waals surface area contributed by atoms with Crippen LogP contribution in [0.5, 0.6) is 5.75 Å². The second-order valence-electron chi connectivity index (χ2n) is 4.02. The van der Waals surface area contributed by atoms with Crippen LogP contribution < -0.4 is 5.73 Å². The molecule has 1 unspecified atom stereocenters. The van der Waals surface area contributed by atoms with E-state index >= 15 is 0 Å². The van der Waals surface area contributed by atoms with E-state index in [-0.39, 0.29) is 28.3 Å². The van der Waals surface area contributed by atoms with Crippen molar-refractivity contribution in [2.45, 2.75) is 19.9 Å². The lowest BCUT2D eigenvalue weighted by atomic mass is 10.1. The fraction of sp³-hybridized carbons (Fsp3) is 0.333. The minimum atomic E-state index is -0.350. The molecule has 1 rings (SSSR count). The third-order valence-electron chi connectivity index (χ3n) is 2.70. The molecule has 0 spiro atoms. The first kappa shape index (κ1) is 13.4. The van der Waals surface area contributed by atoms with Gasteiger partial charge >= 0.3 is 0 Å². The van der Waals surface area contributed by atoms with Gasteiger partial charge in [0.25, 0.3) is 5.91 Å². The molecular weight excluding hydrogens is 236 g/mol. The van der Waals surface area contributed by atoms with Crippen LogP contribution in [0.25, 0.3) is 0 Å². The number of thiocarbonyl (C=S) groups is 1. The number of likely N-dealkylation sites (N-methyl/N-ethyl adjacent to an activating group) is 1. The summed E-state index contributed by atoms with van der Waals surface area (Å²) in [6, 6.07) is 4.53. The van der Waals surface area contributed by atoms with Crippen LogP contribution in [-0.2, 0) is 0 Å². The summed E-state index contributed by atoms with van der Waals surface area (Å²) < 4.78 is 0. The lowest BCUT2D eigenvalue weighted by Gasteiger charge is -2.24. The van der Waals surface area contributed by atoms with Gasteiger partial charge in [0.05, 0.1) is 16.6 Å². The van der Waals surface area contributed by atoms with Gasteiger partial charge in [-0.2, -0.15) is 0 Å². The average Bonchev–Trinajstić information content (AvgIpc) is 2.29. The fourth-order valence-electron chi connectivity index (χ4n) is 1.38. The zero-order valence-corrected chi connectivity index (χ0v) is 10.9. The molecule has 1 atom stereocenters. The second kappa shape index (κ2) is 5.14. The summed E-state index contributed by atoms with van der Waals surface area (Å²) in [6.45, 7) is 3.60. The highest BCUT2D eigenvalue weighted by Crippen LogP contribution is 2.20. The molecule has 5 heteroatoms. The van der Waals surface area contributed by atoms with E-state index in [1.54, 1.807) is 26.1 Å². The van der Waals surface area contributed by atoms with Crippen molar-refractivity contribution in [3.05, 3.63) is 29.3 Å². The van der Waals surface area contributed by atoms with Crippen molar-refractivity contribution in [2.24, 2.45) is 5.73 Å². The highest BCUT2D eigenvalue weighted by atomic mass is 32.1. The molecule has 0 bridgehead atoms. The van der Waals surface area contributed by atoms with Gasteiger partial charge in [-0.15, -0.1) is 0 Å². The number of carbonyl (C=O) groups is 1. The van der Waals surface area contributed by atoms with Crippen LogP contribution in [0.4, 0.5) is 0 Å². The van der Waals surface area contributed by atoms with Crippen molar-refractivity contribution in [3.63, 3.8) is 0 Å². The maximum Gasteiger partial charge on any atom is 0.257 e. The van der Waals surface area contributed by atoms with E-state index in [9.17, 15) is 9.90 Å². The van der Waals surface area contributed by atoms with Crippen molar-refractivity contribution in [3.8, 4) is 5.75 Å². The molecule has 0 aliphatic rings. The first-order valence-corrected chi connectivity index (χ1v) is 5.61. The molecule has 0 saturated heterocycles. The number of rotatable bonds is 3. The van der Waals surface area contributed by atoms with E-state index in [1.807, 2.05) is 6.92 Å². The van der Waals surface area contributed by atoms with Crippen LogP contribution in [-0.4, -0.2) is 34.0 Å². The standard InChI is InChI=1S/C12H16N2O2S/c1-7-4-5-10(15)9(6-7)12(16)14(3)8(2)11(13)17/h4-6,8,15H,1-3H3,(H2,13,17). The number of nitrogens with two attached hydrogens (primary N) is 1. The maximum absolute atomic E-state index is 12.1. The average molecular weight is 252 g/mol. The molecule has 0 heterocycles. The number of phenols is 1. The number of carbonyl (C=O) groups excluding carboxylic acids is 1. The molecule has 0 aliphatic carbocycles. The smallest absolute Gasteiger partial charge is 0.257 e. The summed E-state index contributed by atoms with van der Waals surface area (Å²) in [5.41, 5.74) is 6.66. The Hall–Kier alpha value is -1.62. The number of phenolic OH excluding ortho intramolecular Hbond substituents is 1. The fourth-order valence-corrected chi connectivity index (χ4v) is 1.54. The molecule has 1 amide bonds. The zero-order chi connectivity index (χ0) is 13.2. The summed E-state index contributed by atoms with van der Waals surface area (Å²) >= 11 is 4.84. The molecule has 1 aromatic carbocycles. The SMILES string of the molecule is Cc1ccc(O)c(C(=O)N(C)C(C)C(N)=S)c1. The Kier molecular flexibility index (Phi) is 4.07. The Labute approximate surface area is 106 Å². The normalized spacial score (nSPS) is 11.9. The molecule has 0 saturated carbocycles. The van der Waals surface area contributed by atoms with Crippen molar-refractivity contribution >= 4 is 23.1 Å². The summed E-state index contributed by atoms with van der Waals surface area (Å²) in [6.07, 6.45) is 0. The summed E-state index contributed by atoms with van der Waals surface area (Å²) in [5.74, 6) is -0.339. The van der Waals surface area contributed by atoms with Gasteiger partial charge < -0.3 is 15.7 Å². The minimum Gasteiger partial charge on any atom is -0.507 e. The molecular formula is C12H16N2O2S. The summed E-state index contributed by atoms with van der Waals surface area (Å²) in [5, 5.41) is 9.66. The number of aromatic hydroxyl groups is 1. The van der Waals surface area contributed by atoms with Crippen LogP contribution in [0.15, 0.2) is 18.2 Å².